The van der Waals surface area contributed by atoms with E-state index in [-0.39, 0.29) is 11.5 Å². The van der Waals surface area contributed by atoms with Crippen molar-refractivity contribution >= 4 is 0 Å². The summed E-state index contributed by atoms with van der Waals surface area (Å²) in [5.41, 5.74) is -0.0489. The number of nitrogens with one attached hydrogen (secondary N) is 1. The van der Waals surface area contributed by atoms with Gasteiger partial charge in [-0.15, -0.1) is 0 Å². The van der Waals surface area contributed by atoms with E-state index in [1.165, 1.54) is 0 Å². The molecule has 0 radical (unpaired) electrons. The van der Waals surface area contributed by atoms with E-state index in [9.17, 15) is 0 Å². The van der Waals surface area contributed by atoms with Crippen LogP contribution in [0.5, 0.6) is 0 Å². The lowest BCUT2D eigenvalue weighted by Crippen LogP contribution is -2.21. The summed E-state index contributed by atoms with van der Waals surface area (Å²) in [4.78, 5) is 4.35. The van der Waals surface area contributed by atoms with E-state index in [0.29, 0.717) is 18.3 Å². The Balaban J connectivity index is 2.66. The maximum atomic E-state index is 5.43. The summed E-state index contributed by atoms with van der Waals surface area (Å²) in [6, 6.07) is 0. The van der Waals surface area contributed by atoms with Gasteiger partial charge in [0.15, 0.2) is 0 Å². The second-order valence-corrected chi connectivity index (χ2v) is 5.20. The van der Waals surface area contributed by atoms with Gasteiger partial charge in [-0.2, -0.15) is 4.98 Å². The summed E-state index contributed by atoms with van der Waals surface area (Å²) in [5.74, 6) is 1.23. The van der Waals surface area contributed by atoms with E-state index in [1.54, 1.807) is 7.11 Å². The minimum absolute atomic E-state index is 0.0489. The van der Waals surface area contributed by atoms with Crippen LogP contribution in [0.3, 0.4) is 0 Å². The summed E-state index contributed by atoms with van der Waals surface area (Å²) in [6.45, 7) is 9.95. The molecule has 0 aliphatic rings. The second-order valence-electron chi connectivity index (χ2n) is 5.20. The van der Waals surface area contributed by atoms with Gasteiger partial charge in [0.2, 0.25) is 11.7 Å². The molecule has 0 saturated carbocycles. The van der Waals surface area contributed by atoms with Crippen LogP contribution in [0.15, 0.2) is 4.52 Å². The Bertz CT molecular complexity index is 331. The van der Waals surface area contributed by atoms with Gasteiger partial charge in [0, 0.05) is 7.11 Å². The van der Waals surface area contributed by atoms with Gasteiger partial charge in [-0.3, -0.25) is 0 Å². The molecule has 1 heterocycles. The van der Waals surface area contributed by atoms with Gasteiger partial charge in [-0.1, -0.05) is 32.9 Å². The van der Waals surface area contributed by atoms with Gasteiger partial charge in [0.25, 0.3) is 0 Å². The Morgan fingerprint density at radius 2 is 2.12 bits per heavy atom. The van der Waals surface area contributed by atoms with Gasteiger partial charge in [-0.25, -0.2) is 0 Å². The molecular formula is C12H23N3O2. The Hall–Kier alpha value is -0.940. The summed E-state index contributed by atoms with van der Waals surface area (Å²) in [6.07, 6.45) is 0.940. The van der Waals surface area contributed by atoms with Crippen LogP contribution >= 0.6 is 0 Å². The summed E-state index contributed by atoms with van der Waals surface area (Å²) < 4.78 is 10.6. The molecule has 17 heavy (non-hydrogen) atoms. The summed E-state index contributed by atoms with van der Waals surface area (Å²) in [5, 5.41) is 7.20. The first kappa shape index (κ1) is 14.1. The van der Waals surface area contributed by atoms with Crippen LogP contribution in [0, 0.1) is 5.41 Å². The predicted molar refractivity (Wildman–Crippen MR) is 65.5 cm³/mol. The number of rotatable bonds is 6. The van der Waals surface area contributed by atoms with Crippen LogP contribution in [-0.2, 0) is 11.3 Å². The van der Waals surface area contributed by atoms with Crippen LogP contribution in [0.4, 0.5) is 0 Å². The number of hydrogen-bond acceptors (Lipinski definition) is 5. The fraction of sp³-hybridized carbons (Fsp3) is 0.833. The van der Waals surface area contributed by atoms with Crippen molar-refractivity contribution in [1.29, 1.82) is 0 Å². The lowest BCUT2D eigenvalue weighted by molar-refractivity contribution is 0.00718. The molecule has 0 saturated heterocycles. The zero-order chi connectivity index (χ0) is 12.9. The molecule has 0 aromatic carbocycles. The van der Waals surface area contributed by atoms with Crippen molar-refractivity contribution in [3.8, 4) is 0 Å². The minimum atomic E-state index is -0.147. The van der Waals surface area contributed by atoms with Crippen molar-refractivity contribution in [2.75, 3.05) is 13.7 Å². The van der Waals surface area contributed by atoms with Gasteiger partial charge >= 0.3 is 0 Å². The van der Waals surface area contributed by atoms with Crippen LogP contribution in [0.1, 0.15) is 51.9 Å². The molecule has 0 bridgehead atoms. The Morgan fingerprint density at radius 1 is 1.41 bits per heavy atom. The lowest BCUT2D eigenvalue weighted by atomic mass is 9.88. The first-order valence-electron chi connectivity index (χ1n) is 6.05. The molecule has 5 heteroatoms. The van der Waals surface area contributed by atoms with Crippen molar-refractivity contribution in [2.45, 2.75) is 46.8 Å². The molecule has 1 N–H and O–H groups in total. The minimum Gasteiger partial charge on any atom is -0.373 e. The largest absolute Gasteiger partial charge is 0.373 e. The average Bonchev–Trinajstić information content (AvgIpc) is 2.66. The van der Waals surface area contributed by atoms with Crippen LogP contribution < -0.4 is 5.32 Å². The normalized spacial score (nSPS) is 13.9. The van der Waals surface area contributed by atoms with E-state index >= 15 is 0 Å². The maximum Gasteiger partial charge on any atom is 0.240 e. The molecule has 1 unspecified atom stereocenters. The number of nitrogens with zero attached hydrogens (tertiary/aromatic N) is 2. The van der Waals surface area contributed by atoms with E-state index in [4.69, 9.17) is 9.26 Å². The number of hydrogen-bond donors (Lipinski definition) is 1. The van der Waals surface area contributed by atoms with Crippen LogP contribution in [-0.4, -0.2) is 23.8 Å². The van der Waals surface area contributed by atoms with Crippen molar-refractivity contribution in [1.82, 2.24) is 15.5 Å². The molecule has 0 spiro atoms. The molecule has 1 aromatic heterocycles. The predicted octanol–water partition coefficient (Wildman–Crippen LogP) is 2.30. The zero-order valence-electron chi connectivity index (χ0n) is 11.4. The number of methoxy groups -OCH3 is 1. The molecule has 5 nitrogen and oxygen atoms in total. The smallest absolute Gasteiger partial charge is 0.240 e. The topological polar surface area (TPSA) is 60.2 Å². The van der Waals surface area contributed by atoms with E-state index in [2.05, 4.69) is 43.2 Å². The molecule has 1 atom stereocenters. The molecule has 0 aliphatic carbocycles. The summed E-state index contributed by atoms with van der Waals surface area (Å²) >= 11 is 0. The average molecular weight is 241 g/mol. The van der Waals surface area contributed by atoms with Crippen molar-refractivity contribution in [2.24, 2.45) is 5.41 Å². The van der Waals surface area contributed by atoms with Crippen molar-refractivity contribution in [3.05, 3.63) is 11.7 Å². The Kier molecular flexibility index (Phi) is 5.08. The van der Waals surface area contributed by atoms with E-state index < -0.39 is 0 Å². The molecule has 1 aromatic rings. The molecule has 98 valence electrons. The fourth-order valence-electron chi connectivity index (χ4n) is 1.66. The highest BCUT2D eigenvalue weighted by Crippen LogP contribution is 2.33. The maximum absolute atomic E-state index is 5.43. The molecule has 0 aliphatic heterocycles. The second kappa shape index (κ2) is 6.12. The van der Waals surface area contributed by atoms with Gasteiger partial charge < -0.3 is 14.6 Å². The monoisotopic (exact) mass is 241 g/mol. The van der Waals surface area contributed by atoms with Crippen LogP contribution in [0.2, 0.25) is 0 Å². The molecule has 0 fully saturated rings. The first-order valence-corrected chi connectivity index (χ1v) is 6.05. The van der Waals surface area contributed by atoms with Crippen molar-refractivity contribution < 1.29 is 9.26 Å². The number of aromatic nitrogens is 2. The highest BCUT2D eigenvalue weighted by molar-refractivity contribution is 4.96. The lowest BCUT2D eigenvalue weighted by Gasteiger charge is -2.26. The highest BCUT2D eigenvalue weighted by atomic mass is 16.5. The van der Waals surface area contributed by atoms with Crippen molar-refractivity contribution in [3.63, 3.8) is 0 Å². The highest BCUT2D eigenvalue weighted by Gasteiger charge is 2.30. The SMILES string of the molecule is CCCNCc1nc(C(OC)C(C)(C)C)no1. The number of ether oxygens (including phenoxy) is 1. The molecule has 0 amide bonds. The Morgan fingerprint density at radius 3 is 2.65 bits per heavy atom. The molecule has 1 rings (SSSR count). The third kappa shape index (κ3) is 4.09. The first-order chi connectivity index (χ1) is 7.99. The van der Waals surface area contributed by atoms with Crippen LogP contribution in [0.25, 0.3) is 0 Å². The Labute approximate surface area is 103 Å². The quantitative estimate of drug-likeness (QED) is 0.774. The zero-order valence-corrected chi connectivity index (χ0v) is 11.4. The van der Waals surface area contributed by atoms with Gasteiger partial charge in [-0.05, 0) is 18.4 Å². The van der Waals surface area contributed by atoms with Gasteiger partial charge in [0.05, 0.1) is 6.54 Å². The van der Waals surface area contributed by atoms with E-state index in [0.717, 1.165) is 13.0 Å². The van der Waals surface area contributed by atoms with Gasteiger partial charge in [0.1, 0.15) is 6.10 Å². The summed E-state index contributed by atoms with van der Waals surface area (Å²) in [7, 11) is 1.67. The molecular weight excluding hydrogens is 218 g/mol. The third-order valence-electron chi connectivity index (χ3n) is 2.44. The van der Waals surface area contributed by atoms with E-state index in [1.807, 2.05) is 0 Å². The standard InChI is InChI=1S/C12H23N3O2/c1-6-7-13-8-9-14-11(15-17-9)10(16-5)12(2,3)4/h10,13H,6-8H2,1-5H3. The fourth-order valence-corrected chi connectivity index (χ4v) is 1.66. The third-order valence-corrected chi connectivity index (χ3v) is 2.44.